The molecule has 2 aromatic heterocycles. The topological polar surface area (TPSA) is 42.4 Å². The lowest BCUT2D eigenvalue weighted by Crippen LogP contribution is -2.16. The van der Waals surface area contributed by atoms with Crippen LogP contribution in [0.15, 0.2) is 203 Å². The lowest BCUT2D eigenvalue weighted by Gasteiger charge is -2.29. The van der Waals surface area contributed by atoms with Crippen molar-refractivity contribution in [3.63, 3.8) is 0 Å². The van der Waals surface area contributed by atoms with Crippen LogP contribution >= 0.6 is 0 Å². The molecule has 11 aromatic rings. The zero-order valence-corrected chi connectivity index (χ0v) is 33.2. The van der Waals surface area contributed by atoms with Crippen molar-refractivity contribution in [2.45, 2.75) is 19.3 Å². The highest BCUT2D eigenvalue weighted by Crippen LogP contribution is 2.54. The molecule has 60 heavy (non-hydrogen) atoms. The first-order chi connectivity index (χ1) is 29.5. The summed E-state index contributed by atoms with van der Waals surface area (Å²) in [5.74, 6) is 0.582. The number of hydrogen-bond acceptors (Lipinski definition) is 4. The molecule has 12 rings (SSSR count). The van der Waals surface area contributed by atoms with E-state index in [0.29, 0.717) is 5.89 Å². The first kappa shape index (κ1) is 34.4. The van der Waals surface area contributed by atoms with Gasteiger partial charge in [-0.05, 0) is 92.7 Å². The molecule has 1 aliphatic rings. The van der Waals surface area contributed by atoms with Crippen molar-refractivity contribution in [3.05, 3.63) is 205 Å². The van der Waals surface area contributed by atoms with E-state index in [1.807, 2.05) is 48.5 Å². The van der Waals surface area contributed by atoms with E-state index in [1.165, 1.54) is 44.2 Å². The van der Waals surface area contributed by atoms with Crippen LogP contribution in [0.3, 0.4) is 0 Å². The Balaban J connectivity index is 1.08. The van der Waals surface area contributed by atoms with Crippen LogP contribution in [0.1, 0.15) is 25.0 Å². The summed E-state index contributed by atoms with van der Waals surface area (Å²) in [6.45, 7) is 4.69. The summed E-state index contributed by atoms with van der Waals surface area (Å²) in [6.07, 6.45) is 0. The van der Waals surface area contributed by atoms with E-state index < -0.39 is 0 Å². The van der Waals surface area contributed by atoms with Gasteiger partial charge in [-0.3, -0.25) is 0 Å². The Morgan fingerprint density at radius 2 is 1.15 bits per heavy atom. The highest BCUT2D eigenvalue weighted by molar-refractivity contribution is 6.19. The predicted molar refractivity (Wildman–Crippen MR) is 247 cm³/mol. The van der Waals surface area contributed by atoms with Gasteiger partial charge in [0.1, 0.15) is 16.7 Å². The summed E-state index contributed by atoms with van der Waals surface area (Å²) in [5.41, 5.74) is 16.7. The van der Waals surface area contributed by atoms with Crippen molar-refractivity contribution in [1.29, 1.82) is 0 Å². The molecule has 2 heterocycles. The van der Waals surface area contributed by atoms with E-state index in [-0.39, 0.29) is 5.41 Å². The molecule has 4 heteroatoms. The second-order valence-electron chi connectivity index (χ2n) is 16.3. The molecule has 0 saturated carbocycles. The lowest BCUT2D eigenvalue weighted by molar-refractivity contribution is 0.621. The molecule has 1 aliphatic carbocycles. The Hall–Kier alpha value is -7.69. The van der Waals surface area contributed by atoms with Crippen LogP contribution < -0.4 is 4.90 Å². The molecule has 0 N–H and O–H groups in total. The molecule has 9 aromatic carbocycles. The van der Waals surface area contributed by atoms with Crippen LogP contribution in [-0.4, -0.2) is 4.98 Å². The van der Waals surface area contributed by atoms with Crippen LogP contribution in [0, 0.1) is 0 Å². The average molecular weight is 771 g/mol. The van der Waals surface area contributed by atoms with Gasteiger partial charge in [0.25, 0.3) is 0 Å². The van der Waals surface area contributed by atoms with Crippen molar-refractivity contribution >= 4 is 60.9 Å². The van der Waals surface area contributed by atoms with Gasteiger partial charge in [0, 0.05) is 50.3 Å². The van der Waals surface area contributed by atoms with Gasteiger partial charge < -0.3 is 13.7 Å². The Morgan fingerprint density at radius 3 is 2.03 bits per heavy atom. The van der Waals surface area contributed by atoms with Crippen LogP contribution in [0.25, 0.3) is 88.6 Å². The largest absolute Gasteiger partial charge is 0.456 e. The summed E-state index contributed by atoms with van der Waals surface area (Å²) in [4.78, 5) is 7.43. The number of furan rings is 1. The van der Waals surface area contributed by atoms with E-state index in [4.69, 9.17) is 13.8 Å². The third-order valence-corrected chi connectivity index (χ3v) is 12.5. The number of para-hydroxylation sites is 1. The number of hydrogen-bond donors (Lipinski definition) is 0. The molecular formula is C56H38N2O2. The number of oxazole rings is 1. The van der Waals surface area contributed by atoms with Crippen LogP contribution in [0.2, 0.25) is 0 Å². The third kappa shape index (κ3) is 5.20. The van der Waals surface area contributed by atoms with Gasteiger partial charge in [0.2, 0.25) is 5.89 Å². The van der Waals surface area contributed by atoms with E-state index >= 15 is 0 Å². The van der Waals surface area contributed by atoms with Crippen LogP contribution in [-0.2, 0) is 5.41 Å². The zero-order valence-electron chi connectivity index (χ0n) is 33.2. The fourth-order valence-corrected chi connectivity index (χ4v) is 9.67. The summed E-state index contributed by atoms with van der Waals surface area (Å²) >= 11 is 0. The van der Waals surface area contributed by atoms with Crippen molar-refractivity contribution in [2.75, 3.05) is 4.90 Å². The molecule has 0 amide bonds. The number of rotatable bonds is 6. The monoisotopic (exact) mass is 770 g/mol. The van der Waals surface area contributed by atoms with Crippen molar-refractivity contribution in [1.82, 2.24) is 4.98 Å². The summed E-state index contributed by atoms with van der Waals surface area (Å²) < 4.78 is 13.2. The maximum absolute atomic E-state index is 6.71. The zero-order chi connectivity index (χ0) is 40.0. The molecular weight excluding hydrogens is 733 g/mol. The molecule has 0 unspecified atom stereocenters. The fraction of sp³-hybridized carbons (Fsp3) is 0.0536. The van der Waals surface area contributed by atoms with E-state index in [9.17, 15) is 0 Å². The second kappa shape index (κ2) is 13.2. The van der Waals surface area contributed by atoms with E-state index in [2.05, 4.69) is 164 Å². The Bertz CT molecular complexity index is 3460. The maximum Gasteiger partial charge on any atom is 0.227 e. The highest BCUT2D eigenvalue weighted by atomic mass is 16.4. The first-order valence-electron chi connectivity index (χ1n) is 20.5. The molecule has 4 nitrogen and oxygen atoms in total. The Labute approximate surface area is 347 Å². The van der Waals surface area contributed by atoms with Gasteiger partial charge in [-0.2, -0.15) is 0 Å². The molecule has 0 spiro atoms. The smallest absolute Gasteiger partial charge is 0.227 e. The standard InChI is InChI=1S/C56H38N2O2/c1-56(2)45-25-10-8-22-43(45)52-46(56)26-14-27-48(52)58(40-20-12-19-38(33-40)42-24-13-18-35-15-6-7-21-41(35)42)39-31-29-36(30-32-39)51-53-44-23-9-11-28-49(44)59-50(53)34-47-54(51)60-55(57-47)37-16-4-3-5-17-37/h3-34H,1-2H3. The quantitative estimate of drug-likeness (QED) is 0.169. The third-order valence-electron chi connectivity index (χ3n) is 12.5. The van der Waals surface area contributed by atoms with Crippen molar-refractivity contribution in [2.24, 2.45) is 0 Å². The van der Waals surface area contributed by atoms with Gasteiger partial charge in [-0.25, -0.2) is 4.98 Å². The Morgan fingerprint density at radius 1 is 0.467 bits per heavy atom. The molecule has 284 valence electrons. The first-order valence-corrected chi connectivity index (χ1v) is 20.5. The predicted octanol–water partition coefficient (Wildman–Crippen LogP) is 15.7. The fourth-order valence-electron chi connectivity index (χ4n) is 9.67. The normalized spacial score (nSPS) is 13.0. The summed E-state index contributed by atoms with van der Waals surface area (Å²) in [7, 11) is 0. The molecule has 0 radical (unpaired) electrons. The number of anilines is 3. The minimum absolute atomic E-state index is 0.143. The number of aromatic nitrogens is 1. The Kier molecular flexibility index (Phi) is 7.54. The molecule has 0 fully saturated rings. The number of fused-ring (bicyclic) bond motifs is 8. The van der Waals surface area contributed by atoms with E-state index in [1.54, 1.807) is 0 Å². The molecule has 0 aliphatic heterocycles. The van der Waals surface area contributed by atoms with Gasteiger partial charge in [-0.15, -0.1) is 0 Å². The number of benzene rings is 9. The molecule has 0 bridgehead atoms. The minimum Gasteiger partial charge on any atom is -0.456 e. The molecule has 0 saturated heterocycles. The van der Waals surface area contributed by atoms with Gasteiger partial charge >= 0.3 is 0 Å². The highest BCUT2D eigenvalue weighted by Gasteiger charge is 2.37. The van der Waals surface area contributed by atoms with Crippen LogP contribution in [0.5, 0.6) is 0 Å². The van der Waals surface area contributed by atoms with Crippen molar-refractivity contribution < 1.29 is 8.83 Å². The van der Waals surface area contributed by atoms with Gasteiger partial charge in [-0.1, -0.05) is 153 Å². The average Bonchev–Trinajstić information content (AvgIpc) is 3.96. The van der Waals surface area contributed by atoms with Crippen molar-refractivity contribution in [3.8, 4) is 44.8 Å². The van der Waals surface area contributed by atoms with E-state index in [0.717, 1.165) is 66.8 Å². The maximum atomic E-state index is 6.71. The van der Waals surface area contributed by atoms with Crippen LogP contribution in [0.4, 0.5) is 17.1 Å². The summed E-state index contributed by atoms with van der Waals surface area (Å²) in [6, 6.07) is 69.1. The minimum atomic E-state index is -0.143. The SMILES string of the molecule is CC1(C)c2ccccc2-c2c(N(c3ccc(-c4c5oc(-c6ccccc6)nc5cc5oc6ccccc6c45)cc3)c3cccc(-c4cccc5ccccc45)c3)cccc21. The second-order valence-corrected chi connectivity index (χ2v) is 16.3. The number of nitrogens with zero attached hydrogens (tertiary/aromatic N) is 2. The molecule has 0 atom stereocenters. The lowest BCUT2D eigenvalue weighted by atomic mass is 9.82. The van der Waals surface area contributed by atoms with Gasteiger partial charge in [0.05, 0.1) is 5.69 Å². The van der Waals surface area contributed by atoms with Gasteiger partial charge in [0.15, 0.2) is 5.58 Å². The summed E-state index contributed by atoms with van der Waals surface area (Å²) in [5, 5.41) is 4.52.